The number of alkyl halides is 3. The van der Waals surface area contributed by atoms with E-state index in [2.05, 4.69) is 5.10 Å². The van der Waals surface area contributed by atoms with Gasteiger partial charge in [-0.3, -0.25) is 4.79 Å². The van der Waals surface area contributed by atoms with Gasteiger partial charge >= 0.3 is 6.18 Å². The lowest BCUT2D eigenvalue weighted by molar-refractivity contribution is -0.137. The summed E-state index contributed by atoms with van der Waals surface area (Å²) in [5.41, 5.74) is 0.679. The molecule has 0 saturated heterocycles. The number of aromatic nitrogens is 2. The van der Waals surface area contributed by atoms with E-state index < -0.39 is 11.7 Å². The Labute approximate surface area is 161 Å². The highest BCUT2D eigenvalue weighted by Crippen LogP contribution is 2.34. The summed E-state index contributed by atoms with van der Waals surface area (Å²) in [5, 5.41) is 4.06. The van der Waals surface area contributed by atoms with Crippen molar-refractivity contribution in [3.63, 3.8) is 0 Å². The molecule has 1 atom stereocenters. The van der Waals surface area contributed by atoms with Gasteiger partial charge in [-0.25, -0.2) is 4.68 Å². The van der Waals surface area contributed by atoms with Gasteiger partial charge in [-0.05, 0) is 31.5 Å². The average Bonchev–Trinajstić information content (AvgIpc) is 3.07. The first kappa shape index (κ1) is 19.7. The maximum atomic E-state index is 13.3. The van der Waals surface area contributed by atoms with Gasteiger partial charge in [0.2, 0.25) is 0 Å². The molecule has 2 aromatic carbocycles. The molecular weight excluding hydrogens is 367 g/mol. The molecule has 1 unspecified atom stereocenters. The number of hydrogen-bond acceptors (Lipinski definition) is 2. The third-order valence-corrected chi connectivity index (χ3v) is 4.86. The fraction of sp³-hybridized carbons (Fsp3) is 0.238. The van der Waals surface area contributed by atoms with Crippen LogP contribution in [0.15, 0.2) is 60.8 Å². The number of halogens is 3. The van der Waals surface area contributed by atoms with Crippen molar-refractivity contribution in [2.24, 2.45) is 0 Å². The van der Waals surface area contributed by atoms with E-state index in [1.54, 1.807) is 18.9 Å². The Kier molecular flexibility index (Phi) is 5.27. The van der Waals surface area contributed by atoms with Crippen molar-refractivity contribution >= 4 is 5.91 Å². The highest BCUT2D eigenvalue weighted by Gasteiger charge is 2.34. The summed E-state index contributed by atoms with van der Waals surface area (Å²) in [4.78, 5) is 14.5. The number of carbonyl (C=O) groups is 1. The number of carbonyl (C=O) groups excluding carboxylic acids is 1. The number of amides is 1. The normalized spacial score (nSPS) is 12.6. The van der Waals surface area contributed by atoms with Crippen molar-refractivity contribution in [1.29, 1.82) is 0 Å². The largest absolute Gasteiger partial charge is 0.418 e. The topological polar surface area (TPSA) is 38.1 Å². The fourth-order valence-electron chi connectivity index (χ4n) is 3.08. The number of para-hydroxylation sites is 1. The minimum Gasteiger partial charge on any atom is -0.335 e. The van der Waals surface area contributed by atoms with E-state index in [0.717, 1.165) is 16.3 Å². The number of rotatable bonds is 4. The molecule has 0 N–H and O–H groups in total. The van der Waals surface area contributed by atoms with Crippen LogP contribution < -0.4 is 0 Å². The van der Waals surface area contributed by atoms with Crippen LogP contribution in [0.2, 0.25) is 0 Å². The number of nitrogens with zero attached hydrogens (tertiary/aromatic N) is 3. The summed E-state index contributed by atoms with van der Waals surface area (Å²) in [7, 11) is 1.67. The molecule has 1 heterocycles. The maximum absolute atomic E-state index is 13.3. The molecule has 0 aliphatic rings. The van der Waals surface area contributed by atoms with Crippen molar-refractivity contribution in [2.45, 2.75) is 26.1 Å². The number of benzene rings is 2. The lowest BCUT2D eigenvalue weighted by Crippen LogP contribution is -2.30. The monoisotopic (exact) mass is 387 g/mol. The molecule has 0 bridgehead atoms. The molecule has 0 saturated carbocycles. The van der Waals surface area contributed by atoms with Gasteiger partial charge in [0.25, 0.3) is 5.91 Å². The zero-order valence-corrected chi connectivity index (χ0v) is 15.7. The quantitative estimate of drug-likeness (QED) is 0.630. The Morgan fingerprint density at radius 1 is 1.07 bits per heavy atom. The summed E-state index contributed by atoms with van der Waals surface area (Å²) in [6.45, 7) is 3.49. The molecule has 0 aliphatic heterocycles. The Balaban J connectivity index is 1.95. The van der Waals surface area contributed by atoms with Gasteiger partial charge in [-0.15, -0.1) is 0 Å². The van der Waals surface area contributed by atoms with Crippen LogP contribution in [0.4, 0.5) is 13.2 Å². The molecule has 4 nitrogen and oxygen atoms in total. The number of hydrogen-bond donors (Lipinski definition) is 0. The minimum atomic E-state index is -4.52. The second kappa shape index (κ2) is 7.50. The maximum Gasteiger partial charge on any atom is 0.418 e. The van der Waals surface area contributed by atoms with Crippen molar-refractivity contribution in [2.75, 3.05) is 7.05 Å². The highest BCUT2D eigenvalue weighted by molar-refractivity contribution is 5.95. The first-order chi connectivity index (χ1) is 13.2. The smallest absolute Gasteiger partial charge is 0.335 e. The third-order valence-electron chi connectivity index (χ3n) is 4.86. The van der Waals surface area contributed by atoms with Crippen LogP contribution in [-0.2, 0) is 6.18 Å². The van der Waals surface area contributed by atoms with Crippen LogP contribution >= 0.6 is 0 Å². The summed E-state index contributed by atoms with van der Waals surface area (Å²) in [6, 6.07) is 14.5. The van der Waals surface area contributed by atoms with Gasteiger partial charge < -0.3 is 4.90 Å². The predicted molar refractivity (Wildman–Crippen MR) is 100 cm³/mol. The molecular formula is C21H20F3N3O. The van der Waals surface area contributed by atoms with Gasteiger partial charge in [0.1, 0.15) is 0 Å². The third kappa shape index (κ3) is 3.65. The van der Waals surface area contributed by atoms with Crippen LogP contribution in [0.25, 0.3) is 5.69 Å². The molecule has 146 valence electrons. The molecule has 0 spiro atoms. The second-order valence-corrected chi connectivity index (χ2v) is 6.57. The molecule has 3 aromatic rings. The van der Waals surface area contributed by atoms with Crippen LogP contribution in [0.1, 0.15) is 40.1 Å². The molecule has 28 heavy (non-hydrogen) atoms. The lowest BCUT2D eigenvalue weighted by atomic mass is 10.1. The Morgan fingerprint density at radius 2 is 1.68 bits per heavy atom. The van der Waals surface area contributed by atoms with Gasteiger partial charge in [0.15, 0.2) is 0 Å². The van der Waals surface area contributed by atoms with Crippen LogP contribution in [0.3, 0.4) is 0 Å². The minimum absolute atomic E-state index is 0.106. The van der Waals surface area contributed by atoms with Crippen molar-refractivity contribution in [3.05, 3.63) is 83.2 Å². The van der Waals surface area contributed by atoms with Crippen LogP contribution in [0, 0.1) is 6.92 Å². The SMILES string of the molecule is Cc1c(C(=O)N(C)C(C)c2ccccc2)cnn1-c1ccccc1C(F)(F)F. The van der Waals surface area contributed by atoms with E-state index >= 15 is 0 Å². The standard InChI is InChI=1S/C21H20F3N3O/c1-14(16-9-5-4-6-10-16)26(3)20(28)17-13-25-27(15(17)2)19-12-8-7-11-18(19)21(22,23)24/h4-14H,1-3H3. The summed E-state index contributed by atoms with van der Waals surface area (Å²) < 4.78 is 41.2. The van der Waals surface area contributed by atoms with E-state index in [1.165, 1.54) is 24.4 Å². The van der Waals surface area contributed by atoms with Crippen LogP contribution in [-0.4, -0.2) is 27.6 Å². The summed E-state index contributed by atoms with van der Waals surface area (Å²) >= 11 is 0. The Bertz CT molecular complexity index is 980. The summed E-state index contributed by atoms with van der Waals surface area (Å²) in [5.74, 6) is -0.301. The van der Waals surface area contributed by atoms with Gasteiger partial charge in [-0.1, -0.05) is 42.5 Å². The van der Waals surface area contributed by atoms with Gasteiger partial charge in [0.05, 0.1) is 34.7 Å². The van der Waals surface area contributed by atoms with Crippen molar-refractivity contribution in [1.82, 2.24) is 14.7 Å². The Morgan fingerprint density at radius 3 is 2.32 bits per heavy atom. The molecule has 1 aromatic heterocycles. The Hall–Kier alpha value is -3.09. The van der Waals surface area contributed by atoms with E-state index in [-0.39, 0.29) is 23.2 Å². The van der Waals surface area contributed by atoms with Gasteiger partial charge in [0, 0.05) is 7.05 Å². The van der Waals surface area contributed by atoms with E-state index in [0.29, 0.717) is 5.69 Å². The average molecular weight is 387 g/mol. The van der Waals surface area contributed by atoms with E-state index in [1.807, 2.05) is 37.3 Å². The molecule has 0 fully saturated rings. The van der Waals surface area contributed by atoms with Crippen LogP contribution in [0.5, 0.6) is 0 Å². The molecule has 0 radical (unpaired) electrons. The fourth-order valence-corrected chi connectivity index (χ4v) is 3.08. The highest BCUT2D eigenvalue weighted by atomic mass is 19.4. The molecule has 0 aliphatic carbocycles. The lowest BCUT2D eigenvalue weighted by Gasteiger charge is -2.25. The van der Waals surface area contributed by atoms with E-state index in [4.69, 9.17) is 0 Å². The van der Waals surface area contributed by atoms with Gasteiger partial charge in [-0.2, -0.15) is 18.3 Å². The zero-order valence-electron chi connectivity index (χ0n) is 15.7. The zero-order chi connectivity index (χ0) is 20.5. The van der Waals surface area contributed by atoms with E-state index in [9.17, 15) is 18.0 Å². The first-order valence-electron chi connectivity index (χ1n) is 8.75. The summed E-state index contributed by atoms with van der Waals surface area (Å²) in [6.07, 6.45) is -3.20. The van der Waals surface area contributed by atoms with Crippen molar-refractivity contribution < 1.29 is 18.0 Å². The second-order valence-electron chi connectivity index (χ2n) is 6.57. The first-order valence-corrected chi connectivity index (χ1v) is 8.75. The molecule has 1 amide bonds. The predicted octanol–water partition coefficient (Wildman–Crippen LogP) is 5.03. The van der Waals surface area contributed by atoms with Crippen molar-refractivity contribution in [3.8, 4) is 5.69 Å². The molecule has 7 heteroatoms. The molecule has 3 rings (SSSR count).